The van der Waals surface area contributed by atoms with E-state index < -0.39 is 15.9 Å². The Kier molecular flexibility index (Phi) is 6.27. The van der Waals surface area contributed by atoms with Crippen LogP contribution in [0, 0.1) is 0 Å². The summed E-state index contributed by atoms with van der Waals surface area (Å²) in [6, 6.07) is 14.7. The maximum Gasteiger partial charge on any atom is 0.276 e. The third-order valence-electron chi connectivity index (χ3n) is 6.47. The molecule has 1 atom stereocenters. The molecule has 2 aromatic carbocycles. The van der Waals surface area contributed by atoms with Gasteiger partial charge >= 0.3 is 0 Å². The quantitative estimate of drug-likeness (QED) is 0.507. The van der Waals surface area contributed by atoms with Gasteiger partial charge in [0.1, 0.15) is 13.2 Å². The first-order valence-corrected chi connectivity index (χ1v) is 13.6. The Morgan fingerprint density at radius 2 is 1.80 bits per heavy atom. The second-order valence-electron chi connectivity index (χ2n) is 9.32. The highest BCUT2D eigenvalue weighted by Crippen LogP contribution is 2.35. The first-order valence-electron chi connectivity index (χ1n) is 11.8. The van der Waals surface area contributed by atoms with Crippen LogP contribution in [0.25, 0.3) is 11.3 Å². The molecule has 35 heavy (non-hydrogen) atoms. The van der Waals surface area contributed by atoms with Gasteiger partial charge in [0.15, 0.2) is 32.8 Å². The Morgan fingerprint density at radius 3 is 2.49 bits per heavy atom. The topological polar surface area (TPSA) is 98.9 Å². The van der Waals surface area contributed by atoms with Crippen LogP contribution in [0.1, 0.15) is 47.8 Å². The fraction of sp³-hybridized carbons (Fsp3) is 0.385. The summed E-state index contributed by atoms with van der Waals surface area (Å²) in [4.78, 5) is 15.2. The van der Waals surface area contributed by atoms with Crippen molar-refractivity contribution in [1.82, 2.24) is 10.1 Å². The number of carbonyl (C=O) groups excluding carboxylic acids is 1. The second kappa shape index (κ2) is 9.37. The normalized spacial score (nSPS) is 18.5. The third-order valence-corrected chi connectivity index (χ3v) is 8.22. The molecular formula is C26H28N2O6S. The molecule has 0 unspecified atom stereocenters. The van der Waals surface area contributed by atoms with Crippen LogP contribution >= 0.6 is 0 Å². The van der Waals surface area contributed by atoms with Crippen LogP contribution in [-0.2, 0) is 16.4 Å². The summed E-state index contributed by atoms with van der Waals surface area (Å²) in [6.07, 6.45) is 0.408. The highest BCUT2D eigenvalue weighted by molar-refractivity contribution is 7.91. The van der Waals surface area contributed by atoms with Crippen molar-refractivity contribution in [2.75, 3.05) is 24.7 Å². The van der Waals surface area contributed by atoms with Crippen LogP contribution in [0.5, 0.6) is 11.5 Å². The average Bonchev–Trinajstić information content (AvgIpc) is 3.49. The van der Waals surface area contributed by atoms with Gasteiger partial charge in [-0.2, -0.15) is 0 Å². The van der Waals surface area contributed by atoms with Gasteiger partial charge in [0, 0.05) is 24.2 Å². The number of fused-ring (bicyclic) bond motifs is 1. The van der Waals surface area contributed by atoms with E-state index in [2.05, 4.69) is 19.0 Å². The molecule has 0 aliphatic carbocycles. The van der Waals surface area contributed by atoms with E-state index in [9.17, 15) is 13.2 Å². The van der Waals surface area contributed by atoms with Crippen molar-refractivity contribution in [3.8, 4) is 22.8 Å². The number of rotatable bonds is 6. The predicted octanol–water partition coefficient (Wildman–Crippen LogP) is 4.07. The Labute approximate surface area is 204 Å². The summed E-state index contributed by atoms with van der Waals surface area (Å²) in [5, 5.41) is 4.02. The molecule has 0 N–H and O–H groups in total. The lowest BCUT2D eigenvalue weighted by Crippen LogP contribution is -2.40. The predicted molar refractivity (Wildman–Crippen MR) is 130 cm³/mol. The molecule has 9 heteroatoms. The minimum Gasteiger partial charge on any atom is -0.486 e. The lowest BCUT2D eigenvalue weighted by molar-refractivity contribution is 0.0670. The summed E-state index contributed by atoms with van der Waals surface area (Å²) in [5.41, 5.74) is 2.98. The molecule has 1 amide bonds. The Bertz CT molecular complexity index is 1330. The molecule has 184 valence electrons. The highest BCUT2D eigenvalue weighted by atomic mass is 32.2. The van der Waals surface area contributed by atoms with Gasteiger partial charge in [-0.05, 0) is 41.7 Å². The van der Waals surface area contributed by atoms with Crippen LogP contribution in [0.4, 0.5) is 0 Å². The highest BCUT2D eigenvalue weighted by Gasteiger charge is 2.36. The van der Waals surface area contributed by atoms with Crippen molar-refractivity contribution in [1.29, 1.82) is 0 Å². The number of carbonyl (C=O) groups is 1. The molecule has 1 saturated heterocycles. The summed E-state index contributed by atoms with van der Waals surface area (Å²) >= 11 is 0. The van der Waals surface area contributed by atoms with Gasteiger partial charge in [-0.25, -0.2) is 8.42 Å². The maximum atomic E-state index is 13.6. The van der Waals surface area contributed by atoms with Crippen molar-refractivity contribution in [2.24, 2.45) is 0 Å². The van der Waals surface area contributed by atoms with E-state index in [1.54, 1.807) is 23.1 Å². The van der Waals surface area contributed by atoms with E-state index in [0.29, 0.717) is 54.9 Å². The van der Waals surface area contributed by atoms with Gasteiger partial charge in [-0.1, -0.05) is 43.3 Å². The van der Waals surface area contributed by atoms with Gasteiger partial charge in [-0.15, -0.1) is 0 Å². The van der Waals surface area contributed by atoms with Crippen LogP contribution < -0.4 is 9.47 Å². The lowest BCUT2D eigenvalue weighted by atomic mass is 10.0. The molecule has 1 aromatic heterocycles. The number of ether oxygens (including phenoxy) is 2. The fourth-order valence-electron chi connectivity index (χ4n) is 4.45. The zero-order chi connectivity index (χ0) is 24.6. The summed E-state index contributed by atoms with van der Waals surface area (Å²) in [6.45, 7) is 5.51. The monoisotopic (exact) mass is 496 g/mol. The zero-order valence-electron chi connectivity index (χ0n) is 19.8. The summed E-state index contributed by atoms with van der Waals surface area (Å²) in [7, 11) is -3.18. The number of amides is 1. The van der Waals surface area contributed by atoms with Crippen LogP contribution in [0.15, 0.2) is 53.1 Å². The average molecular weight is 497 g/mol. The number of aromatic nitrogens is 1. The van der Waals surface area contributed by atoms with Crippen LogP contribution in [0.3, 0.4) is 0 Å². The summed E-state index contributed by atoms with van der Waals surface area (Å²) < 4.78 is 41.1. The zero-order valence-corrected chi connectivity index (χ0v) is 20.6. The molecule has 2 aliphatic heterocycles. The number of hydrogen-bond donors (Lipinski definition) is 0. The third kappa shape index (κ3) is 5.05. The number of nitrogens with zero attached hydrogens (tertiary/aromatic N) is 2. The smallest absolute Gasteiger partial charge is 0.276 e. The molecule has 3 heterocycles. The van der Waals surface area contributed by atoms with E-state index in [1.807, 2.05) is 30.3 Å². The number of benzene rings is 2. The molecule has 2 aliphatic rings. The molecular weight excluding hydrogens is 468 g/mol. The fourth-order valence-corrected chi connectivity index (χ4v) is 6.18. The molecule has 0 saturated carbocycles. The van der Waals surface area contributed by atoms with E-state index in [0.717, 1.165) is 5.56 Å². The minimum absolute atomic E-state index is 0.0459. The minimum atomic E-state index is -3.18. The van der Waals surface area contributed by atoms with Gasteiger partial charge in [0.25, 0.3) is 5.91 Å². The van der Waals surface area contributed by atoms with E-state index in [4.69, 9.17) is 14.0 Å². The molecule has 3 aromatic rings. The van der Waals surface area contributed by atoms with Crippen LogP contribution in [-0.4, -0.2) is 55.1 Å². The molecule has 0 bridgehead atoms. The first-order chi connectivity index (χ1) is 16.8. The van der Waals surface area contributed by atoms with Gasteiger partial charge in [0.2, 0.25) is 0 Å². The molecule has 0 radical (unpaired) electrons. The van der Waals surface area contributed by atoms with Crippen molar-refractivity contribution < 1.29 is 27.2 Å². The standard InChI is InChI=1S/C26H28N2O6S/c1-17(2)19-5-3-18(4-6-19)15-28(21-9-12-35(30,31)16-21)26(29)22-14-24(34-27-22)20-7-8-23-25(13-20)33-11-10-32-23/h3-8,13-14,17,21H,9-12,15-16H2,1-2H3/t21-/m0/s1. The molecule has 5 rings (SSSR count). The van der Waals surface area contributed by atoms with Crippen molar-refractivity contribution in [2.45, 2.75) is 38.8 Å². The van der Waals surface area contributed by atoms with Crippen molar-refractivity contribution in [3.63, 3.8) is 0 Å². The molecule has 0 spiro atoms. The number of hydrogen-bond acceptors (Lipinski definition) is 7. The Balaban J connectivity index is 1.41. The maximum absolute atomic E-state index is 13.6. The summed E-state index contributed by atoms with van der Waals surface area (Å²) in [5.74, 6) is 1.77. The first kappa shape index (κ1) is 23.4. The lowest BCUT2D eigenvalue weighted by Gasteiger charge is -2.27. The Hall–Kier alpha value is -3.33. The SMILES string of the molecule is CC(C)c1ccc(CN(C(=O)c2cc(-c3ccc4c(c3)OCCO4)on2)[C@H]2CCS(=O)(=O)C2)cc1. The van der Waals surface area contributed by atoms with Gasteiger partial charge in [0.05, 0.1) is 11.5 Å². The van der Waals surface area contributed by atoms with E-state index in [-0.39, 0.29) is 23.1 Å². The van der Waals surface area contributed by atoms with Gasteiger partial charge in [-0.3, -0.25) is 4.79 Å². The van der Waals surface area contributed by atoms with Crippen molar-refractivity contribution in [3.05, 3.63) is 65.4 Å². The molecule has 1 fully saturated rings. The van der Waals surface area contributed by atoms with Crippen LogP contribution in [0.2, 0.25) is 0 Å². The van der Waals surface area contributed by atoms with Gasteiger partial charge < -0.3 is 18.9 Å². The van der Waals surface area contributed by atoms with Crippen molar-refractivity contribution >= 4 is 15.7 Å². The van der Waals surface area contributed by atoms with E-state index >= 15 is 0 Å². The molecule has 8 nitrogen and oxygen atoms in total. The Morgan fingerprint density at radius 1 is 1.06 bits per heavy atom. The largest absolute Gasteiger partial charge is 0.486 e. The second-order valence-corrected chi connectivity index (χ2v) is 11.5. The van der Waals surface area contributed by atoms with E-state index in [1.165, 1.54) is 5.56 Å². The number of sulfone groups is 1.